The molecule has 0 unspecified atom stereocenters. The Morgan fingerprint density at radius 1 is 1.00 bits per heavy atom. The second-order valence-electron chi connectivity index (χ2n) is 7.84. The highest BCUT2D eigenvalue weighted by Crippen LogP contribution is 2.37. The number of nitrogens with zero attached hydrogens (tertiary/aromatic N) is 2. The molecule has 0 amide bonds. The minimum absolute atomic E-state index is 0.496. The van der Waals surface area contributed by atoms with E-state index in [0.29, 0.717) is 6.04 Å². The van der Waals surface area contributed by atoms with Crippen LogP contribution in [0.15, 0.2) is 42.5 Å². The summed E-state index contributed by atoms with van der Waals surface area (Å²) in [6.07, 6.45) is 9.48. The Bertz CT molecular complexity index is 725. The monoisotopic (exact) mass is 365 g/mol. The Labute approximate surface area is 162 Å². The Hall–Kier alpha value is -2.07. The number of ether oxygens (including phenoxy) is 1. The highest BCUT2D eigenvalue weighted by atomic mass is 16.5. The Kier molecular flexibility index (Phi) is 5.93. The molecule has 1 N–H and O–H groups in total. The van der Waals surface area contributed by atoms with Gasteiger partial charge in [0, 0.05) is 12.6 Å². The molecule has 1 aromatic heterocycles. The van der Waals surface area contributed by atoms with Crippen molar-refractivity contribution in [2.24, 2.45) is 0 Å². The standard InChI is InChI=1S/C23H31N3O/c1-27-20-14-12-18(13-15-20)17-24-23-11-5-9-21(25-23)22-10-6-16-26(22)19-7-3-2-4-8-19/h5,9,11-15,19,22H,2-4,6-8,10,16-17H2,1H3,(H,24,25)/t22-/m0/s1. The molecular weight excluding hydrogens is 334 g/mol. The van der Waals surface area contributed by atoms with Crippen LogP contribution in [0.4, 0.5) is 5.82 Å². The molecule has 2 heterocycles. The maximum atomic E-state index is 5.23. The molecule has 1 atom stereocenters. The number of benzene rings is 1. The Morgan fingerprint density at radius 2 is 1.81 bits per heavy atom. The van der Waals surface area contributed by atoms with E-state index in [4.69, 9.17) is 9.72 Å². The number of methoxy groups -OCH3 is 1. The lowest BCUT2D eigenvalue weighted by molar-refractivity contribution is 0.140. The van der Waals surface area contributed by atoms with Gasteiger partial charge in [0.05, 0.1) is 18.8 Å². The molecular formula is C23H31N3O. The predicted octanol–water partition coefficient (Wildman–Crippen LogP) is 5.17. The van der Waals surface area contributed by atoms with Gasteiger partial charge in [-0.05, 0) is 62.1 Å². The van der Waals surface area contributed by atoms with Gasteiger partial charge in [0.1, 0.15) is 11.6 Å². The van der Waals surface area contributed by atoms with Crippen LogP contribution in [0.3, 0.4) is 0 Å². The Morgan fingerprint density at radius 3 is 2.59 bits per heavy atom. The summed E-state index contributed by atoms with van der Waals surface area (Å²) >= 11 is 0. The summed E-state index contributed by atoms with van der Waals surface area (Å²) in [5, 5.41) is 3.49. The number of aromatic nitrogens is 1. The molecule has 1 aromatic carbocycles. The molecule has 1 aliphatic carbocycles. The van der Waals surface area contributed by atoms with Gasteiger partial charge in [0.25, 0.3) is 0 Å². The number of hydrogen-bond acceptors (Lipinski definition) is 4. The zero-order valence-electron chi connectivity index (χ0n) is 16.4. The van der Waals surface area contributed by atoms with Crippen LogP contribution in [0.5, 0.6) is 5.75 Å². The highest BCUT2D eigenvalue weighted by Gasteiger charge is 2.33. The average Bonchev–Trinajstić information content (AvgIpc) is 3.23. The summed E-state index contributed by atoms with van der Waals surface area (Å²) in [5.41, 5.74) is 2.46. The van der Waals surface area contributed by atoms with Crippen LogP contribution in [-0.2, 0) is 6.54 Å². The molecule has 4 nitrogen and oxygen atoms in total. The van der Waals surface area contributed by atoms with Crippen LogP contribution in [0.25, 0.3) is 0 Å². The molecule has 0 radical (unpaired) electrons. The first-order valence-electron chi connectivity index (χ1n) is 10.4. The van der Waals surface area contributed by atoms with Gasteiger partial charge in [-0.25, -0.2) is 4.98 Å². The lowest BCUT2D eigenvalue weighted by Gasteiger charge is -2.35. The highest BCUT2D eigenvalue weighted by molar-refractivity contribution is 5.38. The smallest absolute Gasteiger partial charge is 0.126 e. The van der Waals surface area contributed by atoms with E-state index in [2.05, 4.69) is 40.5 Å². The molecule has 0 spiro atoms. The largest absolute Gasteiger partial charge is 0.497 e. The number of hydrogen-bond donors (Lipinski definition) is 1. The van der Waals surface area contributed by atoms with Crippen molar-refractivity contribution in [3.05, 3.63) is 53.7 Å². The zero-order chi connectivity index (χ0) is 18.5. The first-order chi connectivity index (χ1) is 13.3. The van der Waals surface area contributed by atoms with Crippen molar-refractivity contribution in [2.75, 3.05) is 19.0 Å². The van der Waals surface area contributed by atoms with E-state index in [1.165, 1.54) is 62.7 Å². The first kappa shape index (κ1) is 18.3. The lowest BCUT2D eigenvalue weighted by atomic mass is 9.93. The summed E-state index contributed by atoms with van der Waals surface area (Å²) < 4.78 is 5.23. The molecule has 1 saturated heterocycles. The summed E-state index contributed by atoms with van der Waals surface area (Å²) in [4.78, 5) is 7.72. The first-order valence-corrected chi connectivity index (χ1v) is 10.4. The van der Waals surface area contributed by atoms with E-state index in [9.17, 15) is 0 Å². The average molecular weight is 366 g/mol. The van der Waals surface area contributed by atoms with Gasteiger partial charge in [-0.2, -0.15) is 0 Å². The zero-order valence-corrected chi connectivity index (χ0v) is 16.4. The fraction of sp³-hybridized carbons (Fsp3) is 0.522. The van der Waals surface area contributed by atoms with E-state index >= 15 is 0 Å². The summed E-state index contributed by atoms with van der Waals surface area (Å²) in [7, 11) is 1.70. The number of pyridine rings is 1. The minimum Gasteiger partial charge on any atom is -0.497 e. The number of nitrogens with one attached hydrogen (secondary N) is 1. The fourth-order valence-corrected chi connectivity index (χ4v) is 4.63. The molecule has 4 rings (SSSR count). The molecule has 1 aliphatic heterocycles. The second kappa shape index (κ2) is 8.75. The van der Waals surface area contributed by atoms with Crippen molar-refractivity contribution in [3.63, 3.8) is 0 Å². The summed E-state index contributed by atoms with van der Waals surface area (Å²) in [6, 6.07) is 15.9. The minimum atomic E-state index is 0.496. The molecule has 1 saturated carbocycles. The van der Waals surface area contributed by atoms with E-state index < -0.39 is 0 Å². The summed E-state index contributed by atoms with van der Waals surface area (Å²) in [6.45, 7) is 2.01. The quantitative estimate of drug-likeness (QED) is 0.766. The molecule has 144 valence electrons. The van der Waals surface area contributed by atoms with E-state index in [1.807, 2.05) is 12.1 Å². The van der Waals surface area contributed by atoms with Crippen LogP contribution in [0, 0.1) is 0 Å². The molecule has 4 heteroatoms. The van der Waals surface area contributed by atoms with Crippen LogP contribution in [0.2, 0.25) is 0 Å². The van der Waals surface area contributed by atoms with Crippen molar-refractivity contribution < 1.29 is 4.74 Å². The third-order valence-electron chi connectivity index (χ3n) is 6.08. The van der Waals surface area contributed by atoms with Crippen molar-refractivity contribution in [3.8, 4) is 5.75 Å². The maximum Gasteiger partial charge on any atom is 0.126 e. The lowest BCUT2D eigenvalue weighted by Crippen LogP contribution is -2.36. The van der Waals surface area contributed by atoms with Crippen molar-refractivity contribution in [2.45, 2.75) is 63.6 Å². The van der Waals surface area contributed by atoms with Gasteiger partial charge in [0.15, 0.2) is 0 Å². The van der Waals surface area contributed by atoms with Crippen LogP contribution < -0.4 is 10.1 Å². The third-order valence-corrected chi connectivity index (χ3v) is 6.08. The van der Waals surface area contributed by atoms with E-state index in [0.717, 1.165) is 24.2 Å². The molecule has 2 fully saturated rings. The van der Waals surface area contributed by atoms with Gasteiger partial charge < -0.3 is 10.1 Å². The van der Waals surface area contributed by atoms with Gasteiger partial charge in [-0.15, -0.1) is 0 Å². The van der Waals surface area contributed by atoms with Gasteiger partial charge in [0.2, 0.25) is 0 Å². The number of rotatable bonds is 6. The molecule has 2 aromatic rings. The van der Waals surface area contributed by atoms with Crippen LogP contribution >= 0.6 is 0 Å². The number of likely N-dealkylation sites (tertiary alicyclic amines) is 1. The summed E-state index contributed by atoms with van der Waals surface area (Å²) in [5.74, 6) is 1.86. The van der Waals surface area contributed by atoms with E-state index in [-0.39, 0.29) is 0 Å². The van der Waals surface area contributed by atoms with Crippen molar-refractivity contribution in [1.82, 2.24) is 9.88 Å². The van der Waals surface area contributed by atoms with Gasteiger partial charge in [-0.3, -0.25) is 4.90 Å². The van der Waals surface area contributed by atoms with Crippen molar-refractivity contribution in [1.29, 1.82) is 0 Å². The molecule has 0 bridgehead atoms. The number of anilines is 1. The topological polar surface area (TPSA) is 37.4 Å². The predicted molar refractivity (Wildman–Crippen MR) is 110 cm³/mol. The second-order valence-corrected chi connectivity index (χ2v) is 7.84. The normalized spacial score (nSPS) is 21.3. The maximum absolute atomic E-state index is 5.23. The van der Waals surface area contributed by atoms with Crippen LogP contribution in [-0.4, -0.2) is 29.6 Å². The van der Waals surface area contributed by atoms with E-state index in [1.54, 1.807) is 7.11 Å². The van der Waals surface area contributed by atoms with Crippen LogP contribution in [0.1, 0.15) is 62.2 Å². The Balaban J connectivity index is 1.41. The van der Waals surface area contributed by atoms with Gasteiger partial charge in [-0.1, -0.05) is 37.5 Å². The SMILES string of the molecule is COc1ccc(CNc2cccc([C@@H]3CCCN3C3CCCCC3)n2)cc1. The van der Waals surface area contributed by atoms with Crippen molar-refractivity contribution >= 4 is 5.82 Å². The van der Waals surface area contributed by atoms with Gasteiger partial charge >= 0.3 is 0 Å². The molecule has 2 aliphatic rings. The fourth-order valence-electron chi connectivity index (χ4n) is 4.63. The third kappa shape index (κ3) is 4.44. The molecule has 27 heavy (non-hydrogen) atoms.